The molecule has 4 rings (SSSR count). The van der Waals surface area contributed by atoms with Gasteiger partial charge in [0.1, 0.15) is 0 Å². The molecule has 1 aliphatic carbocycles. The van der Waals surface area contributed by atoms with E-state index in [4.69, 9.17) is 10.4 Å². The lowest BCUT2D eigenvalue weighted by Crippen LogP contribution is -2.54. The molecular weight excluding hydrogens is 372 g/mol. The van der Waals surface area contributed by atoms with Gasteiger partial charge in [-0.3, -0.25) is 4.98 Å². The zero-order valence-electron chi connectivity index (χ0n) is 18.4. The Morgan fingerprint density at radius 1 is 1.30 bits per heavy atom. The first kappa shape index (κ1) is 20.8. The first-order valence-corrected chi connectivity index (χ1v) is 11.3. The topological polar surface area (TPSA) is 76.9 Å². The van der Waals surface area contributed by atoms with E-state index in [1.807, 2.05) is 6.20 Å². The lowest BCUT2D eigenvalue weighted by molar-refractivity contribution is 0.225. The lowest BCUT2D eigenvalue weighted by Gasteiger charge is -2.39. The molecule has 0 amide bonds. The molecule has 0 spiro atoms. The molecule has 1 saturated heterocycles. The van der Waals surface area contributed by atoms with Crippen LogP contribution >= 0.6 is 0 Å². The molecule has 2 unspecified atom stereocenters. The maximum absolute atomic E-state index is 7.87. The van der Waals surface area contributed by atoms with Crippen LogP contribution in [0.3, 0.4) is 0 Å². The number of fused-ring (bicyclic) bond motifs is 1. The summed E-state index contributed by atoms with van der Waals surface area (Å²) in [5, 5.41) is 14.9. The predicted octanol–water partition coefficient (Wildman–Crippen LogP) is 3.98. The fourth-order valence-electron chi connectivity index (χ4n) is 4.61. The van der Waals surface area contributed by atoms with Crippen LogP contribution in [0.2, 0.25) is 0 Å². The van der Waals surface area contributed by atoms with Crippen molar-refractivity contribution in [3.8, 4) is 0 Å². The Morgan fingerprint density at radius 3 is 2.90 bits per heavy atom. The lowest BCUT2D eigenvalue weighted by atomic mass is 9.78. The van der Waals surface area contributed by atoms with Crippen molar-refractivity contribution in [1.29, 1.82) is 5.41 Å². The summed E-state index contributed by atoms with van der Waals surface area (Å²) >= 11 is 0. The van der Waals surface area contributed by atoms with E-state index in [-0.39, 0.29) is 0 Å². The van der Waals surface area contributed by atoms with Crippen LogP contribution in [0, 0.1) is 11.3 Å². The van der Waals surface area contributed by atoms with Crippen molar-refractivity contribution in [3.05, 3.63) is 36.3 Å². The van der Waals surface area contributed by atoms with E-state index in [1.54, 1.807) is 6.20 Å². The number of anilines is 1. The average molecular weight is 407 g/mol. The van der Waals surface area contributed by atoms with Gasteiger partial charge >= 0.3 is 0 Å². The van der Waals surface area contributed by atoms with Gasteiger partial charge in [-0.25, -0.2) is 4.98 Å². The Bertz CT molecular complexity index is 917. The molecule has 0 radical (unpaired) electrons. The molecule has 2 fully saturated rings. The molecule has 3 N–H and O–H groups in total. The van der Waals surface area contributed by atoms with Crippen LogP contribution in [0.5, 0.6) is 0 Å². The molecular formula is C24H34N6. The third kappa shape index (κ3) is 4.48. The summed E-state index contributed by atoms with van der Waals surface area (Å²) in [4.78, 5) is 11.9. The van der Waals surface area contributed by atoms with Gasteiger partial charge in [-0.2, -0.15) is 0 Å². The van der Waals surface area contributed by atoms with Crippen LogP contribution < -0.4 is 15.5 Å². The number of aromatic nitrogens is 2. The molecule has 1 saturated carbocycles. The molecule has 1 aliphatic heterocycles. The van der Waals surface area contributed by atoms with Crippen LogP contribution in [0.15, 0.2) is 30.6 Å². The van der Waals surface area contributed by atoms with Crippen LogP contribution in [-0.4, -0.2) is 47.4 Å². The molecule has 6 nitrogen and oxygen atoms in total. The van der Waals surface area contributed by atoms with Gasteiger partial charge in [0.2, 0.25) is 0 Å². The largest absolute Gasteiger partial charge is 0.388 e. The van der Waals surface area contributed by atoms with Gasteiger partial charge in [-0.15, -0.1) is 0 Å². The maximum atomic E-state index is 7.87. The molecule has 0 bridgehead atoms. The Kier molecular flexibility index (Phi) is 6.32. The van der Waals surface area contributed by atoms with E-state index in [2.05, 4.69) is 59.5 Å². The number of benzene rings is 1. The Morgan fingerprint density at radius 2 is 2.13 bits per heavy atom. The van der Waals surface area contributed by atoms with Crippen molar-refractivity contribution in [1.82, 2.24) is 20.6 Å². The zero-order chi connectivity index (χ0) is 21.1. The highest BCUT2D eigenvalue weighted by Crippen LogP contribution is 2.31. The van der Waals surface area contributed by atoms with E-state index >= 15 is 0 Å². The van der Waals surface area contributed by atoms with Gasteiger partial charge in [0.25, 0.3) is 0 Å². The van der Waals surface area contributed by atoms with Crippen LogP contribution in [0.1, 0.15) is 52.1 Å². The number of piperazine rings is 1. The van der Waals surface area contributed by atoms with E-state index in [1.165, 1.54) is 37.6 Å². The highest BCUT2D eigenvalue weighted by Gasteiger charge is 2.27. The maximum Gasteiger partial charge on any atom is 0.0922 e. The van der Waals surface area contributed by atoms with Crippen LogP contribution in [0.4, 0.5) is 5.69 Å². The van der Waals surface area contributed by atoms with Gasteiger partial charge < -0.3 is 20.9 Å². The van der Waals surface area contributed by atoms with E-state index < -0.39 is 0 Å². The highest BCUT2D eigenvalue weighted by atomic mass is 15.2. The van der Waals surface area contributed by atoms with Gasteiger partial charge in [0, 0.05) is 54.9 Å². The number of nitrogens with zero attached hydrogens (tertiary/aromatic N) is 3. The molecule has 6 heteroatoms. The van der Waals surface area contributed by atoms with Crippen molar-refractivity contribution in [2.75, 3.05) is 18.0 Å². The smallest absolute Gasteiger partial charge is 0.0922 e. The fraction of sp³-hybridized carbons (Fsp3) is 0.542. The fourth-order valence-corrected chi connectivity index (χ4v) is 4.61. The summed E-state index contributed by atoms with van der Waals surface area (Å²) in [5.74, 6) is 0.860. The third-order valence-electron chi connectivity index (χ3n) is 6.48. The van der Waals surface area contributed by atoms with Gasteiger partial charge in [-0.1, -0.05) is 19.8 Å². The summed E-state index contributed by atoms with van der Waals surface area (Å²) < 4.78 is 0. The second kappa shape index (κ2) is 9.13. The Hall–Kier alpha value is -2.47. The molecule has 160 valence electrons. The summed E-state index contributed by atoms with van der Waals surface area (Å²) in [5.41, 5.74) is 4.47. The standard InChI is InChI=1S/C24H34N6/c1-4-5-18-8-20(9-18)27-13-19(11-25)24-14-28-22-7-6-21(10-23(22)29-24)30-15-16(2)26-12-17(30)3/h6-7,10-11,13-14,16-18,20,25-27H,4-5,8-9,12,15H2,1-3H3/b19-13+,25-11?. The van der Waals surface area contributed by atoms with Gasteiger partial charge in [0.15, 0.2) is 0 Å². The van der Waals surface area contributed by atoms with E-state index in [9.17, 15) is 0 Å². The molecule has 30 heavy (non-hydrogen) atoms. The summed E-state index contributed by atoms with van der Waals surface area (Å²) in [6, 6.07) is 7.76. The van der Waals surface area contributed by atoms with E-state index in [0.29, 0.717) is 18.1 Å². The van der Waals surface area contributed by atoms with Crippen molar-refractivity contribution in [2.24, 2.45) is 5.92 Å². The molecule has 2 aliphatic rings. The minimum atomic E-state index is 0.440. The van der Waals surface area contributed by atoms with Crippen molar-refractivity contribution < 1.29 is 0 Å². The van der Waals surface area contributed by atoms with E-state index in [0.717, 1.165) is 41.3 Å². The van der Waals surface area contributed by atoms with Gasteiger partial charge in [-0.05, 0) is 50.8 Å². The quantitative estimate of drug-likeness (QED) is 0.607. The first-order valence-electron chi connectivity index (χ1n) is 11.3. The molecule has 1 aromatic carbocycles. The number of hydrogen-bond donors (Lipinski definition) is 3. The minimum absolute atomic E-state index is 0.440. The van der Waals surface area contributed by atoms with Crippen LogP contribution in [-0.2, 0) is 0 Å². The van der Waals surface area contributed by atoms with Crippen molar-refractivity contribution in [2.45, 2.75) is 64.6 Å². The highest BCUT2D eigenvalue weighted by molar-refractivity contribution is 6.07. The Balaban J connectivity index is 1.52. The Labute approximate surface area is 179 Å². The zero-order valence-corrected chi connectivity index (χ0v) is 18.4. The molecule has 2 heterocycles. The number of nitrogens with one attached hydrogen (secondary N) is 3. The third-order valence-corrected chi connectivity index (χ3v) is 6.48. The monoisotopic (exact) mass is 406 g/mol. The normalized spacial score (nSPS) is 27.0. The SMILES string of the molecule is CCCC1CC(N/C=C(\C=N)c2cnc3ccc(N4CC(C)NCC4C)cc3n2)C1. The number of allylic oxidation sites excluding steroid dienone is 1. The van der Waals surface area contributed by atoms with Crippen LogP contribution in [0.25, 0.3) is 16.6 Å². The summed E-state index contributed by atoms with van der Waals surface area (Å²) in [7, 11) is 0. The molecule has 2 atom stereocenters. The second-order valence-corrected chi connectivity index (χ2v) is 8.97. The molecule has 1 aromatic heterocycles. The average Bonchev–Trinajstić information content (AvgIpc) is 2.73. The second-order valence-electron chi connectivity index (χ2n) is 8.97. The minimum Gasteiger partial charge on any atom is -0.388 e. The predicted molar refractivity (Wildman–Crippen MR) is 125 cm³/mol. The summed E-state index contributed by atoms with van der Waals surface area (Å²) in [6.07, 6.45) is 10.1. The number of rotatable bonds is 7. The van der Waals surface area contributed by atoms with Gasteiger partial charge in [0.05, 0.1) is 22.9 Å². The number of hydrogen-bond acceptors (Lipinski definition) is 6. The molecule has 2 aromatic rings. The first-order chi connectivity index (χ1) is 14.6. The van der Waals surface area contributed by atoms with Crippen molar-refractivity contribution in [3.63, 3.8) is 0 Å². The summed E-state index contributed by atoms with van der Waals surface area (Å²) in [6.45, 7) is 8.69. The van der Waals surface area contributed by atoms with Crippen molar-refractivity contribution >= 4 is 28.5 Å².